The Kier molecular flexibility index (Phi) is 4.23. The van der Waals surface area contributed by atoms with Crippen molar-refractivity contribution < 1.29 is 14.3 Å². The van der Waals surface area contributed by atoms with Gasteiger partial charge in [-0.3, -0.25) is 9.59 Å². The quantitative estimate of drug-likeness (QED) is 0.668. The first-order valence-electron chi connectivity index (χ1n) is 6.37. The van der Waals surface area contributed by atoms with E-state index in [1.807, 2.05) is 0 Å². The minimum Gasteiger partial charge on any atom is -0.496 e. The molecule has 0 heterocycles. The lowest BCUT2D eigenvalue weighted by Gasteiger charge is -2.10. The van der Waals surface area contributed by atoms with Crippen LogP contribution in [0.4, 0.5) is 11.4 Å². The zero-order chi connectivity index (χ0) is 15.4. The molecule has 2 rings (SSSR count). The Morgan fingerprint density at radius 3 is 2.57 bits per heavy atom. The number of hydrogen-bond donors (Lipinski definition) is 2. The smallest absolute Gasteiger partial charge is 0.259 e. The normalized spacial score (nSPS) is 10.0. The van der Waals surface area contributed by atoms with E-state index in [1.54, 1.807) is 42.5 Å². The lowest BCUT2D eigenvalue weighted by molar-refractivity contribution is 0.101. The van der Waals surface area contributed by atoms with Crippen LogP contribution >= 0.6 is 0 Å². The van der Waals surface area contributed by atoms with Crippen LogP contribution in [-0.2, 0) is 0 Å². The number of rotatable bonds is 4. The van der Waals surface area contributed by atoms with E-state index in [4.69, 9.17) is 10.5 Å². The number of nitrogens with one attached hydrogen (secondary N) is 1. The van der Waals surface area contributed by atoms with Gasteiger partial charge in [-0.05, 0) is 31.2 Å². The van der Waals surface area contributed by atoms with E-state index in [-0.39, 0.29) is 11.7 Å². The van der Waals surface area contributed by atoms with Crippen LogP contribution < -0.4 is 15.8 Å². The zero-order valence-electron chi connectivity index (χ0n) is 11.8. The van der Waals surface area contributed by atoms with E-state index >= 15 is 0 Å². The molecule has 0 aromatic heterocycles. The van der Waals surface area contributed by atoms with Crippen molar-refractivity contribution in [3.63, 3.8) is 0 Å². The van der Waals surface area contributed by atoms with Crippen molar-refractivity contribution in [1.29, 1.82) is 0 Å². The van der Waals surface area contributed by atoms with Gasteiger partial charge in [0.25, 0.3) is 5.91 Å². The Labute approximate surface area is 122 Å². The van der Waals surface area contributed by atoms with E-state index in [2.05, 4.69) is 5.32 Å². The minimum absolute atomic E-state index is 0.0591. The molecular formula is C16H16N2O3. The van der Waals surface area contributed by atoms with Gasteiger partial charge in [0.1, 0.15) is 5.75 Å². The lowest BCUT2D eigenvalue weighted by Crippen LogP contribution is -2.13. The van der Waals surface area contributed by atoms with Crippen LogP contribution in [0.1, 0.15) is 27.6 Å². The number of anilines is 2. The summed E-state index contributed by atoms with van der Waals surface area (Å²) in [6.45, 7) is 1.48. The molecule has 0 saturated carbocycles. The van der Waals surface area contributed by atoms with Crippen LogP contribution in [0.25, 0.3) is 0 Å². The summed E-state index contributed by atoms with van der Waals surface area (Å²) >= 11 is 0. The van der Waals surface area contributed by atoms with Gasteiger partial charge >= 0.3 is 0 Å². The SMILES string of the molecule is COc1cc(N)ccc1C(=O)Nc1cccc(C(C)=O)c1. The molecule has 0 spiro atoms. The molecule has 0 aliphatic rings. The fourth-order valence-electron chi connectivity index (χ4n) is 1.91. The van der Waals surface area contributed by atoms with Gasteiger partial charge in [-0.2, -0.15) is 0 Å². The molecule has 0 saturated heterocycles. The van der Waals surface area contributed by atoms with Crippen LogP contribution in [-0.4, -0.2) is 18.8 Å². The predicted molar refractivity (Wildman–Crippen MR) is 81.8 cm³/mol. The number of carbonyl (C=O) groups excluding carboxylic acids is 2. The maximum absolute atomic E-state index is 12.3. The Morgan fingerprint density at radius 2 is 1.90 bits per heavy atom. The average molecular weight is 284 g/mol. The molecule has 5 heteroatoms. The first kappa shape index (κ1) is 14.6. The number of carbonyl (C=O) groups is 2. The molecule has 2 aromatic carbocycles. The Morgan fingerprint density at radius 1 is 1.14 bits per heavy atom. The van der Waals surface area contributed by atoms with E-state index in [0.717, 1.165) is 0 Å². The van der Waals surface area contributed by atoms with Crippen molar-refractivity contribution in [2.75, 3.05) is 18.2 Å². The van der Waals surface area contributed by atoms with Crippen LogP contribution in [0.3, 0.4) is 0 Å². The molecule has 1 amide bonds. The second-order valence-corrected chi connectivity index (χ2v) is 4.55. The van der Waals surface area contributed by atoms with Gasteiger partial charge < -0.3 is 15.8 Å². The Hall–Kier alpha value is -2.82. The van der Waals surface area contributed by atoms with Crippen LogP contribution in [0.2, 0.25) is 0 Å². The number of benzene rings is 2. The number of hydrogen-bond acceptors (Lipinski definition) is 4. The molecule has 108 valence electrons. The van der Waals surface area contributed by atoms with Crippen molar-refractivity contribution in [3.8, 4) is 5.75 Å². The molecule has 0 atom stereocenters. The van der Waals surface area contributed by atoms with Crippen molar-refractivity contribution >= 4 is 23.1 Å². The largest absolute Gasteiger partial charge is 0.496 e. The third-order valence-corrected chi connectivity index (χ3v) is 3.00. The highest BCUT2D eigenvalue weighted by molar-refractivity contribution is 6.07. The topological polar surface area (TPSA) is 81.4 Å². The number of ketones is 1. The first-order chi connectivity index (χ1) is 10.0. The van der Waals surface area contributed by atoms with Gasteiger partial charge in [0.2, 0.25) is 0 Å². The molecule has 0 radical (unpaired) electrons. The van der Waals surface area contributed by atoms with Crippen molar-refractivity contribution in [2.45, 2.75) is 6.92 Å². The summed E-state index contributed by atoms with van der Waals surface area (Å²) in [6.07, 6.45) is 0. The molecule has 0 fully saturated rings. The molecule has 0 unspecified atom stereocenters. The second-order valence-electron chi connectivity index (χ2n) is 4.55. The number of ether oxygens (including phenoxy) is 1. The Bertz CT molecular complexity index is 696. The summed E-state index contributed by atoms with van der Waals surface area (Å²) in [5.74, 6) is 0.0129. The van der Waals surface area contributed by atoms with E-state index in [0.29, 0.717) is 28.3 Å². The average Bonchev–Trinajstić information content (AvgIpc) is 2.47. The van der Waals surface area contributed by atoms with Crippen LogP contribution in [0.5, 0.6) is 5.75 Å². The number of nitrogens with two attached hydrogens (primary N) is 1. The highest BCUT2D eigenvalue weighted by Gasteiger charge is 2.13. The molecule has 5 nitrogen and oxygen atoms in total. The van der Waals surface area contributed by atoms with E-state index < -0.39 is 0 Å². The Balaban J connectivity index is 2.26. The van der Waals surface area contributed by atoms with Gasteiger partial charge in [-0.1, -0.05) is 12.1 Å². The maximum Gasteiger partial charge on any atom is 0.259 e. The molecule has 0 aliphatic carbocycles. The monoisotopic (exact) mass is 284 g/mol. The zero-order valence-corrected chi connectivity index (χ0v) is 11.8. The van der Waals surface area contributed by atoms with E-state index in [1.165, 1.54) is 14.0 Å². The van der Waals surface area contributed by atoms with Gasteiger partial charge in [-0.15, -0.1) is 0 Å². The van der Waals surface area contributed by atoms with Gasteiger partial charge in [0, 0.05) is 23.0 Å². The van der Waals surface area contributed by atoms with Crippen LogP contribution in [0.15, 0.2) is 42.5 Å². The highest BCUT2D eigenvalue weighted by Crippen LogP contribution is 2.23. The lowest BCUT2D eigenvalue weighted by atomic mass is 10.1. The second kappa shape index (κ2) is 6.09. The molecule has 21 heavy (non-hydrogen) atoms. The number of methoxy groups -OCH3 is 1. The number of nitrogen functional groups attached to an aromatic ring is 1. The summed E-state index contributed by atoms with van der Waals surface area (Å²) in [5.41, 5.74) is 7.64. The molecule has 0 bridgehead atoms. The molecule has 2 aromatic rings. The summed E-state index contributed by atoms with van der Waals surface area (Å²) in [5, 5.41) is 2.74. The van der Waals surface area contributed by atoms with Gasteiger partial charge in [0.05, 0.1) is 12.7 Å². The summed E-state index contributed by atoms with van der Waals surface area (Å²) in [4.78, 5) is 23.6. The third kappa shape index (κ3) is 3.39. The van der Waals surface area contributed by atoms with Crippen molar-refractivity contribution in [3.05, 3.63) is 53.6 Å². The van der Waals surface area contributed by atoms with Crippen LogP contribution in [0, 0.1) is 0 Å². The maximum atomic E-state index is 12.3. The molecular weight excluding hydrogens is 268 g/mol. The summed E-state index contributed by atoms with van der Waals surface area (Å²) in [6, 6.07) is 11.6. The number of Topliss-reactive ketones (excluding diaryl/α,β-unsaturated/α-hetero) is 1. The summed E-state index contributed by atoms with van der Waals surface area (Å²) in [7, 11) is 1.47. The van der Waals surface area contributed by atoms with Crippen molar-refractivity contribution in [2.24, 2.45) is 0 Å². The molecule has 3 N–H and O–H groups in total. The van der Waals surface area contributed by atoms with Crippen molar-refractivity contribution in [1.82, 2.24) is 0 Å². The number of amides is 1. The highest BCUT2D eigenvalue weighted by atomic mass is 16.5. The first-order valence-corrected chi connectivity index (χ1v) is 6.37. The standard InChI is InChI=1S/C16H16N2O3/c1-10(19)11-4-3-5-13(8-11)18-16(20)14-7-6-12(17)9-15(14)21-2/h3-9H,17H2,1-2H3,(H,18,20). The fraction of sp³-hybridized carbons (Fsp3) is 0.125. The minimum atomic E-state index is -0.326. The van der Waals surface area contributed by atoms with Gasteiger partial charge in [0.15, 0.2) is 5.78 Å². The fourth-order valence-corrected chi connectivity index (χ4v) is 1.91. The predicted octanol–water partition coefficient (Wildman–Crippen LogP) is 2.73. The summed E-state index contributed by atoms with van der Waals surface area (Å²) < 4.78 is 5.15. The van der Waals surface area contributed by atoms with Gasteiger partial charge in [-0.25, -0.2) is 0 Å². The molecule has 0 aliphatic heterocycles. The van der Waals surface area contributed by atoms with E-state index in [9.17, 15) is 9.59 Å². The third-order valence-electron chi connectivity index (χ3n) is 3.00.